The summed E-state index contributed by atoms with van der Waals surface area (Å²) in [5.41, 5.74) is 5.43. The zero-order valence-electron chi connectivity index (χ0n) is 14.7. The van der Waals surface area contributed by atoms with Gasteiger partial charge in [0.1, 0.15) is 10.7 Å². The van der Waals surface area contributed by atoms with Gasteiger partial charge >= 0.3 is 0 Å². The van der Waals surface area contributed by atoms with Gasteiger partial charge in [0, 0.05) is 32.7 Å². The molecule has 0 aromatic heterocycles. The van der Waals surface area contributed by atoms with Crippen molar-refractivity contribution >= 4 is 15.9 Å². The molecule has 1 aromatic rings. The highest BCUT2D eigenvalue weighted by Gasteiger charge is 2.24. The molecule has 1 aliphatic rings. The molecule has 1 amide bonds. The maximum atomic E-state index is 13.6. The summed E-state index contributed by atoms with van der Waals surface area (Å²) >= 11 is 0. The number of nitrogens with two attached hydrogens (primary N) is 1. The summed E-state index contributed by atoms with van der Waals surface area (Å²) in [4.78, 5) is 13.5. The Morgan fingerprint density at radius 3 is 2.65 bits per heavy atom. The highest BCUT2D eigenvalue weighted by molar-refractivity contribution is 7.89. The molecule has 1 fully saturated rings. The van der Waals surface area contributed by atoms with Gasteiger partial charge in [0.25, 0.3) is 0 Å². The first kappa shape index (κ1) is 20.8. The fourth-order valence-corrected chi connectivity index (χ4v) is 3.90. The lowest BCUT2D eigenvalue weighted by Crippen LogP contribution is -2.42. The van der Waals surface area contributed by atoms with Crippen molar-refractivity contribution in [1.82, 2.24) is 9.62 Å². The lowest BCUT2D eigenvalue weighted by atomic mass is 10.1. The van der Waals surface area contributed by atoms with E-state index in [1.807, 2.05) is 0 Å². The Kier molecular flexibility index (Phi) is 7.95. The van der Waals surface area contributed by atoms with Crippen molar-refractivity contribution in [2.45, 2.75) is 36.7 Å². The molecular formula is C17H26FN3O4S. The second-order valence-electron chi connectivity index (χ2n) is 6.17. The predicted molar refractivity (Wildman–Crippen MR) is 95.4 cm³/mol. The SMILES string of the molecule is NCCCOC1CCN(C(=O)CCNS(=O)(=O)c2ccccc2F)CC1. The third-order valence-electron chi connectivity index (χ3n) is 4.25. The van der Waals surface area contributed by atoms with Gasteiger partial charge < -0.3 is 15.4 Å². The van der Waals surface area contributed by atoms with Crippen LogP contribution in [-0.2, 0) is 19.6 Å². The summed E-state index contributed by atoms with van der Waals surface area (Å²) in [5.74, 6) is -0.940. The van der Waals surface area contributed by atoms with Crippen molar-refractivity contribution in [3.8, 4) is 0 Å². The Morgan fingerprint density at radius 1 is 1.31 bits per heavy atom. The topological polar surface area (TPSA) is 102 Å². The van der Waals surface area contributed by atoms with Gasteiger partial charge in [-0.15, -0.1) is 0 Å². The van der Waals surface area contributed by atoms with Crippen LogP contribution in [0.3, 0.4) is 0 Å². The minimum Gasteiger partial charge on any atom is -0.378 e. The number of rotatable bonds is 9. The zero-order chi connectivity index (χ0) is 19.0. The normalized spacial score (nSPS) is 16.0. The largest absolute Gasteiger partial charge is 0.378 e. The first-order chi connectivity index (χ1) is 12.4. The highest BCUT2D eigenvalue weighted by atomic mass is 32.2. The van der Waals surface area contributed by atoms with E-state index in [4.69, 9.17) is 10.5 Å². The number of nitrogens with zero attached hydrogens (tertiary/aromatic N) is 1. The van der Waals surface area contributed by atoms with E-state index < -0.39 is 20.7 Å². The van der Waals surface area contributed by atoms with Gasteiger partial charge in [0.15, 0.2) is 0 Å². The van der Waals surface area contributed by atoms with Crippen LogP contribution in [0, 0.1) is 5.82 Å². The second-order valence-corrected chi connectivity index (χ2v) is 7.91. The number of benzene rings is 1. The van der Waals surface area contributed by atoms with Crippen molar-refractivity contribution < 1.29 is 22.3 Å². The lowest BCUT2D eigenvalue weighted by molar-refractivity contribution is -0.133. The van der Waals surface area contributed by atoms with Crippen LogP contribution in [0.5, 0.6) is 0 Å². The molecular weight excluding hydrogens is 361 g/mol. The third-order valence-corrected chi connectivity index (χ3v) is 5.75. The van der Waals surface area contributed by atoms with Crippen molar-refractivity contribution in [3.05, 3.63) is 30.1 Å². The monoisotopic (exact) mass is 387 g/mol. The molecule has 1 aromatic carbocycles. The molecule has 7 nitrogen and oxygen atoms in total. The molecule has 1 saturated heterocycles. The van der Waals surface area contributed by atoms with Gasteiger partial charge in [0.05, 0.1) is 6.10 Å². The van der Waals surface area contributed by atoms with E-state index in [0.717, 1.165) is 25.3 Å². The summed E-state index contributed by atoms with van der Waals surface area (Å²) < 4.78 is 45.7. The fraction of sp³-hybridized carbons (Fsp3) is 0.588. The molecule has 0 unspecified atom stereocenters. The van der Waals surface area contributed by atoms with Crippen LogP contribution in [0.4, 0.5) is 4.39 Å². The quantitative estimate of drug-likeness (QED) is 0.612. The van der Waals surface area contributed by atoms with E-state index >= 15 is 0 Å². The second kappa shape index (κ2) is 9.96. The minimum atomic E-state index is -3.96. The van der Waals surface area contributed by atoms with Gasteiger partial charge in [0.2, 0.25) is 15.9 Å². The molecule has 2 rings (SSSR count). The highest BCUT2D eigenvalue weighted by Crippen LogP contribution is 2.15. The number of sulfonamides is 1. The van der Waals surface area contributed by atoms with Crippen LogP contribution in [0.15, 0.2) is 29.2 Å². The molecule has 1 heterocycles. The number of halogens is 1. The van der Waals surface area contributed by atoms with Crippen molar-refractivity contribution in [2.24, 2.45) is 5.73 Å². The van der Waals surface area contributed by atoms with Crippen LogP contribution in [0.2, 0.25) is 0 Å². The number of ether oxygens (including phenoxy) is 1. The summed E-state index contributed by atoms with van der Waals surface area (Å²) in [7, 11) is -3.96. The Balaban J connectivity index is 1.73. The summed E-state index contributed by atoms with van der Waals surface area (Å²) in [5, 5.41) is 0. The molecule has 0 aliphatic carbocycles. The average Bonchev–Trinajstić information content (AvgIpc) is 2.62. The average molecular weight is 387 g/mol. The van der Waals surface area contributed by atoms with Gasteiger partial charge in [-0.2, -0.15) is 0 Å². The molecule has 146 valence electrons. The Bertz CT molecular complexity index is 691. The van der Waals surface area contributed by atoms with E-state index in [2.05, 4.69) is 4.72 Å². The lowest BCUT2D eigenvalue weighted by Gasteiger charge is -2.32. The molecule has 26 heavy (non-hydrogen) atoms. The standard InChI is InChI=1S/C17H26FN3O4S/c18-15-4-1-2-5-16(15)26(23,24)20-10-6-17(22)21-11-7-14(8-12-21)25-13-3-9-19/h1-2,4-5,14,20H,3,6-13,19H2. The molecule has 3 N–H and O–H groups in total. The maximum Gasteiger partial charge on any atom is 0.243 e. The number of carbonyl (C=O) groups excluding carboxylic acids is 1. The maximum absolute atomic E-state index is 13.6. The Morgan fingerprint density at radius 2 is 2.00 bits per heavy atom. The van der Waals surface area contributed by atoms with Crippen LogP contribution in [0.1, 0.15) is 25.7 Å². The van der Waals surface area contributed by atoms with E-state index in [1.165, 1.54) is 18.2 Å². The van der Waals surface area contributed by atoms with Crippen molar-refractivity contribution in [1.29, 1.82) is 0 Å². The molecule has 0 spiro atoms. The number of hydrogen-bond donors (Lipinski definition) is 2. The Labute approximate surface area is 153 Å². The van der Waals surface area contributed by atoms with Crippen LogP contribution in [-0.4, -0.2) is 58.1 Å². The summed E-state index contributed by atoms with van der Waals surface area (Å²) in [6, 6.07) is 5.14. The molecule has 0 radical (unpaired) electrons. The van der Waals surface area contributed by atoms with E-state index in [1.54, 1.807) is 4.90 Å². The number of likely N-dealkylation sites (tertiary alicyclic amines) is 1. The first-order valence-corrected chi connectivity index (χ1v) is 10.3. The van der Waals surface area contributed by atoms with Crippen LogP contribution in [0.25, 0.3) is 0 Å². The Hall–Kier alpha value is -1.55. The predicted octanol–water partition coefficient (Wildman–Crippen LogP) is 0.850. The van der Waals surface area contributed by atoms with E-state index in [9.17, 15) is 17.6 Å². The van der Waals surface area contributed by atoms with Gasteiger partial charge in [-0.25, -0.2) is 17.5 Å². The minimum absolute atomic E-state index is 0.0341. The number of amides is 1. The third kappa shape index (κ3) is 6.01. The number of nitrogens with one attached hydrogen (secondary N) is 1. The van der Waals surface area contributed by atoms with Crippen LogP contribution < -0.4 is 10.5 Å². The zero-order valence-corrected chi connectivity index (χ0v) is 15.5. The number of piperidine rings is 1. The van der Waals surface area contributed by atoms with Crippen molar-refractivity contribution in [3.63, 3.8) is 0 Å². The number of carbonyl (C=O) groups is 1. The molecule has 0 atom stereocenters. The molecule has 0 saturated carbocycles. The van der Waals surface area contributed by atoms with Gasteiger partial charge in [-0.05, 0) is 37.9 Å². The van der Waals surface area contributed by atoms with Crippen molar-refractivity contribution in [2.75, 3.05) is 32.8 Å². The summed E-state index contributed by atoms with van der Waals surface area (Å²) in [6.07, 6.45) is 2.52. The molecule has 9 heteroatoms. The smallest absolute Gasteiger partial charge is 0.243 e. The number of hydrogen-bond acceptors (Lipinski definition) is 5. The fourth-order valence-electron chi connectivity index (χ4n) is 2.80. The first-order valence-electron chi connectivity index (χ1n) is 8.77. The van der Waals surface area contributed by atoms with E-state index in [0.29, 0.717) is 26.2 Å². The van der Waals surface area contributed by atoms with Crippen LogP contribution >= 0.6 is 0 Å². The summed E-state index contributed by atoms with van der Waals surface area (Å²) in [6.45, 7) is 2.34. The molecule has 1 aliphatic heterocycles. The van der Waals surface area contributed by atoms with Gasteiger partial charge in [-0.1, -0.05) is 12.1 Å². The van der Waals surface area contributed by atoms with Gasteiger partial charge in [-0.3, -0.25) is 4.79 Å². The van der Waals surface area contributed by atoms with E-state index in [-0.39, 0.29) is 25.0 Å². The molecule has 0 bridgehead atoms.